The van der Waals surface area contributed by atoms with E-state index in [1.54, 1.807) is 12.1 Å². The van der Waals surface area contributed by atoms with Crippen LogP contribution in [0, 0.1) is 0 Å². The molecule has 2 aromatic carbocycles. The Morgan fingerprint density at radius 1 is 1.04 bits per heavy atom. The second kappa shape index (κ2) is 10.1. The second-order valence-corrected chi connectivity index (χ2v) is 6.73. The highest BCUT2D eigenvalue weighted by Crippen LogP contribution is 2.13. The first kappa shape index (κ1) is 19.4. The minimum Gasteiger partial charge on any atom is -0.508 e. The first-order valence-corrected chi connectivity index (χ1v) is 9.36. The van der Waals surface area contributed by atoms with Gasteiger partial charge in [-0.2, -0.15) is 0 Å². The first-order valence-electron chi connectivity index (χ1n) is 9.36. The third kappa shape index (κ3) is 6.67. The Morgan fingerprint density at radius 2 is 1.74 bits per heavy atom. The number of nitrogens with zero attached hydrogens (tertiary/aromatic N) is 1. The van der Waals surface area contributed by atoms with E-state index in [0.717, 1.165) is 49.7 Å². The van der Waals surface area contributed by atoms with Crippen molar-refractivity contribution in [2.75, 3.05) is 38.2 Å². The summed E-state index contributed by atoms with van der Waals surface area (Å²) in [6, 6.07) is 15.1. The van der Waals surface area contributed by atoms with Gasteiger partial charge in [0.2, 0.25) is 5.91 Å². The van der Waals surface area contributed by atoms with Crippen LogP contribution in [0.5, 0.6) is 5.75 Å². The number of rotatable bonds is 8. The average Bonchev–Trinajstić information content (AvgIpc) is 2.68. The predicted molar refractivity (Wildman–Crippen MR) is 106 cm³/mol. The lowest BCUT2D eigenvalue weighted by Gasteiger charge is -2.26. The zero-order chi connectivity index (χ0) is 18.9. The molecule has 2 aromatic rings. The Balaban J connectivity index is 1.43. The van der Waals surface area contributed by atoms with Gasteiger partial charge in [0.1, 0.15) is 5.75 Å². The Kier molecular flexibility index (Phi) is 7.21. The molecule has 1 fully saturated rings. The number of nitrogens with one attached hydrogen (secondary N) is 2. The topological polar surface area (TPSA) is 73.8 Å². The SMILES string of the molecule is O=C(CCN1CCOCC1)Nc1cccc(CNCc2cccc(O)c2)c1. The van der Waals surface area contributed by atoms with Gasteiger partial charge in [-0.15, -0.1) is 0 Å². The number of phenolic OH excluding ortho intramolecular Hbond substituents is 1. The van der Waals surface area contributed by atoms with Gasteiger partial charge in [-0.05, 0) is 35.4 Å². The number of hydrogen-bond donors (Lipinski definition) is 3. The van der Waals surface area contributed by atoms with Crippen molar-refractivity contribution >= 4 is 11.6 Å². The molecule has 1 heterocycles. The van der Waals surface area contributed by atoms with Crippen LogP contribution in [0.15, 0.2) is 48.5 Å². The van der Waals surface area contributed by atoms with E-state index >= 15 is 0 Å². The van der Waals surface area contributed by atoms with Gasteiger partial charge in [0, 0.05) is 44.8 Å². The molecule has 6 nitrogen and oxygen atoms in total. The molecule has 0 spiro atoms. The zero-order valence-corrected chi connectivity index (χ0v) is 15.5. The van der Waals surface area contributed by atoms with E-state index in [1.807, 2.05) is 36.4 Å². The summed E-state index contributed by atoms with van der Waals surface area (Å²) in [4.78, 5) is 14.4. The Hall–Kier alpha value is -2.41. The number of aromatic hydroxyl groups is 1. The number of phenols is 1. The maximum absolute atomic E-state index is 12.2. The van der Waals surface area contributed by atoms with E-state index in [2.05, 4.69) is 15.5 Å². The normalized spacial score (nSPS) is 14.8. The van der Waals surface area contributed by atoms with Gasteiger partial charge in [0.05, 0.1) is 13.2 Å². The molecule has 3 N–H and O–H groups in total. The average molecular weight is 369 g/mol. The van der Waals surface area contributed by atoms with Crippen LogP contribution >= 0.6 is 0 Å². The van der Waals surface area contributed by atoms with Crippen molar-refractivity contribution in [1.29, 1.82) is 0 Å². The number of carbonyl (C=O) groups excluding carboxylic acids is 1. The van der Waals surface area contributed by atoms with Gasteiger partial charge < -0.3 is 20.5 Å². The molecular weight excluding hydrogens is 342 g/mol. The number of anilines is 1. The molecule has 144 valence electrons. The number of morpholine rings is 1. The zero-order valence-electron chi connectivity index (χ0n) is 15.5. The van der Waals surface area contributed by atoms with Gasteiger partial charge >= 0.3 is 0 Å². The molecule has 27 heavy (non-hydrogen) atoms. The Bertz CT molecular complexity index is 745. The lowest BCUT2D eigenvalue weighted by Crippen LogP contribution is -2.38. The van der Waals surface area contributed by atoms with Crippen molar-refractivity contribution in [3.05, 3.63) is 59.7 Å². The highest BCUT2D eigenvalue weighted by molar-refractivity contribution is 5.90. The van der Waals surface area contributed by atoms with Crippen LogP contribution in [0.3, 0.4) is 0 Å². The van der Waals surface area contributed by atoms with Crippen molar-refractivity contribution < 1.29 is 14.6 Å². The highest BCUT2D eigenvalue weighted by atomic mass is 16.5. The van der Waals surface area contributed by atoms with E-state index < -0.39 is 0 Å². The number of amides is 1. The largest absolute Gasteiger partial charge is 0.508 e. The second-order valence-electron chi connectivity index (χ2n) is 6.73. The molecule has 0 saturated carbocycles. The predicted octanol–water partition coefficient (Wildman–Crippen LogP) is 2.34. The van der Waals surface area contributed by atoms with Crippen LogP contribution in [-0.4, -0.2) is 48.8 Å². The standard InChI is InChI=1S/C21H27N3O3/c25-20-6-2-4-18(14-20)16-22-15-17-3-1-5-19(13-17)23-21(26)7-8-24-9-11-27-12-10-24/h1-6,13-14,22,25H,7-12,15-16H2,(H,23,26). The van der Waals surface area contributed by atoms with Crippen molar-refractivity contribution in [3.63, 3.8) is 0 Å². The van der Waals surface area contributed by atoms with Crippen molar-refractivity contribution in [3.8, 4) is 5.75 Å². The molecular formula is C21H27N3O3. The van der Waals surface area contributed by atoms with Crippen LogP contribution in [0.2, 0.25) is 0 Å². The van der Waals surface area contributed by atoms with Crippen molar-refractivity contribution in [2.45, 2.75) is 19.5 Å². The van der Waals surface area contributed by atoms with Gasteiger partial charge in [-0.1, -0.05) is 24.3 Å². The fourth-order valence-corrected chi connectivity index (χ4v) is 3.08. The molecule has 0 atom stereocenters. The summed E-state index contributed by atoms with van der Waals surface area (Å²) in [6.07, 6.45) is 0.486. The van der Waals surface area contributed by atoms with Crippen molar-refractivity contribution in [2.24, 2.45) is 0 Å². The lowest BCUT2D eigenvalue weighted by atomic mass is 10.1. The summed E-state index contributed by atoms with van der Waals surface area (Å²) in [5, 5.41) is 15.8. The van der Waals surface area contributed by atoms with Gasteiger partial charge in [-0.3, -0.25) is 9.69 Å². The summed E-state index contributed by atoms with van der Waals surface area (Å²) in [5.41, 5.74) is 2.95. The fourth-order valence-electron chi connectivity index (χ4n) is 3.08. The minimum absolute atomic E-state index is 0.0337. The molecule has 1 saturated heterocycles. The number of hydrogen-bond acceptors (Lipinski definition) is 5. The minimum atomic E-state index is 0.0337. The van der Waals surface area contributed by atoms with E-state index in [9.17, 15) is 9.90 Å². The number of benzene rings is 2. The number of ether oxygens (including phenoxy) is 1. The molecule has 1 aliphatic rings. The van der Waals surface area contributed by atoms with Gasteiger partial charge in [-0.25, -0.2) is 0 Å². The van der Waals surface area contributed by atoms with E-state index in [4.69, 9.17) is 4.74 Å². The summed E-state index contributed by atoms with van der Waals surface area (Å²) < 4.78 is 5.32. The quantitative estimate of drug-likeness (QED) is 0.666. The third-order valence-corrected chi connectivity index (χ3v) is 4.54. The lowest BCUT2D eigenvalue weighted by molar-refractivity contribution is -0.116. The van der Waals surface area contributed by atoms with Crippen LogP contribution in [0.25, 0.3) is 0 Å². The molecule has 0 aliphatic carbocycles. The first-order chi connectivity index (χ1) is 13.2. The smallest absolute Gasteiger partial charge is 0.225 e. The molecule has 0 unspecified atom stereocenters. The van der Waals surface area contributed by atoms with Crippen molar-refractivity contribution in [1.82, 2.24) is 10.2 Å². The van der Waals surface area contributed by atoms with E-state index in [-0.39, 0.29) is 11.7 Å². The van der Waals surface area contributed by atoms with Crippen LogP contribution in [0.4, 0.5) is 5.69 Å². The maximum atomic E-state index is 12.2. The molecule has 0 bridgehead atoms. The van der Waals surface area contributed by atoms with Crippen LogP contribution < -0.4 is 10.6 Å². The summed E-state index contributed by atoms with van der Waals surface area (Å²) >= 11 is 0. The van der Waals surface area contributed by atoms with Crippen LogP contribution in [-0.2, 0) is 22.6 Å². The molecule has 0 radical (unpaired) electrons. The van der Waals surface area contributed by atoms with E-state index in [0.29, 0.717) is 19.5 Å². The fraction of sp³-hybridized carbons (Fsp3) is 0.381. The summed E-state index contributed by atoms with van der Waals surface area (Å²) in [6.45, 7) is 5.41. The van der Waals surface area contributed by atoms with Gasteiger partial charge in [0.15, 0.2) is 0 Å². The van der Waals surface area contributed by atoms with Crippen LogP contribution in [0.1, 0.15) is 17.5 Å². The molecule has 1 amide bonds. The Morgan fingerprint density at radius 3 is 2.48 bits per heavy atom. The van der Waals surface area contributed by atoms with Gasteiger partial charge in [0.25, 0.3) is 0 Å². The molecule has 1 aliphatic heterocycles. The molecule has 6 heteroatoms. The summed E-state index contributed by atoms with van der Waals surface area (Å²) in [5.74, 6) is 0.308. The number of carbonyl (C=O) groups is 1. The summed E-state index contributed by atoms with van der Waals surface area (Å²) in [7, 11) is 0. The van der Waals surface area contributed by atoms with E-state index in [1.165, 1.54) is 0 Å². The highest BCUT2D eigenvalue weighted by Gasteiger charge is 2.12. The molecule has 0 aromatic heterocycles. The molecule has 3 rings (SSSR count). The third-order valence-electron chi connectivity index (χ3n) is 4.54. The maximum Gasteiger partial charge on any atom is 0.225 e. The monoisotopic (exact) mass is 369 g/mol. The Labute approximate surface area is 160 Å².